The molecule has 0 bridgehead atoms. The summed E-state index contributed by atoms with van der Waals surface area (Å²) in [5.74, 6) is -1.81. The number of aromatic nitrogens is 3. The smallest absolute Gasteiger partial charge is 0.329 e. The van der Waals surface area contributed by atoms with Crippen LogP contribution in [0.1, 0.15) is 47.4 Å². The molecule has 1 atom stereocenters. The van der Waals surface area contributed by atoms with Gasteiger partial charge in [0.05, 0.1) is 6.20 Å². The molecule has 1 aromatic carbocycles. The number of nitrogens with zero attached hydrogens (tertiary/aromatic N) is 3. The molecular formula is C20H19FN4O3. The van der Waals surface area contributed by atoms with Crippen LogP contribution in [-0.4, -0.2) is 37.1 Å². The Morgan fingerprint density at radius 2 is 2.00 bits per heavy atom. The van der Waals surface area contributed by atoms with Crippen LogP contribution >= 0.6 is 0 Å². The quantitative estimate of drug-likeness (QED) is 0.683. The molecule has 0 spiro atoms. The highest BCUT2D eigenvalue weighted by molar-refractivity contribution is 5.97. The fraction of sp³-hybridized carbons (Fsp3) is 0.300. The molecule has 1 aliphatic rings. The van der Waals surface area contributed by atoms with E-state index in [4.69, 9.17) is 0 Å². The summed E-state index contributed by atoms with van der Waals surface area (Å²) in [6.45, 7) is 1.43. The molecule has 1 aliphatic carbocycles. The Balaban J connectivity index is 1.65. The maximum Gasteiger partial charge on any atom is 0.329 e. The third kappa shape index (κ3) is 3.45. The largest absolute Gasteiger partial charge is 0.480 e. The minimum atomic E-state index is -1.57. The normalized spacial score (nSPS) is 15.9. The van der Waals surface area contributed by atoms with E-state index < -0.39 is 23.2 Å². The van der Waals surface area contributed by atoms with Crippen LogP contribution in [0, 0.1) is 5.82 Å². The lowest BCUT2D eigenvalue weighted by atomic mass is 9.92. The van der Waals surface area contributed by atoms with E-state index in [1.807, 2.05) is 0 Å². The minimum Gasteiger partial charge on any atom is -0.480 e. The van der Waals surface area contributed by atoms with Gasteiger partial charge in [0.2, 0.25) is 0 Å². The van der Waals surface area contributed by atoms with Gasteiger partial charge >= 0.3 is 5.97 Å². The first-order valence-electron chi connectivity index (χ1n) is 9.01. The number of amides is 1. The van der Waals surface area contributed by atoms with Crippen molar-refractivity contribution in [3.8, 4) is 0 Å². The van der Waals surface area contributed by atoms with Gasteiger partial charge in [-0.25, -0.2) is 18.7 Å². The first-order valence-corrected chi connectivity index (χ1v) is 9.01. The molecule has 28 heavy (non-hydrogen) atoms. The van der Waals surface area contributed by atoms with E-state index in [0.29, 0.717) is 17.1 Å². The van der Waals surface area contributed by atoms with Crippen molar-refractivity contribution >= 4 is 17.5 Å². The lowest BCUT2D eigenvalue weighted by molar-refractivity contribution is -0.143. The summed E-state index contributed by atoms with van der Waals surface area (Å²) in [7, 11) is 0. The fourth-order valence-electron chi connectivity index (χ4n) is 3.18. The molecule has 2 aromatic heterocycles. The number of aliphatic carboxylic acids is 1. The zero-order valence-electron chi connectivity index (χ0n) is 15.2. The fourth-order valence-corrected chi connectivity index (χ4v) is 3.18. The molecule has 1 fully saturated rings. The van der Waals surface area contributed by atoms with Crippen molar-refractivity contribution in [2.24, 2.45) is 0 Å². The Kier molecular flexibility index (Phi) is 4.33. The molecule has 1 saturated carbocycles. The summed E-state index contributed by atoms with van der Waals surface area (Å²) in [5.41, 5.74) is 0.628. The molecule has 0 aliphatic heterocycles. The Morgan fingerprint density at radius 1 is 1.29 bits per heavy atom. The lowest BCUT2D eigenvalue weighted by Crippen LogP contribution is -2.54. The second-order valence-electron chi connectivity index (χ2n) is 7.34. The number of fused-ring (bicyclic) bond motifs is 1. The summed E-state index contributed by atoms with van der Waals surface area (Å²) in [6, 6.07) is 8.91. The number of benzene rings is 1. The zero-order valence-corrected chi connectivity index (χ0v) is 15.2. The van der Waals surface area contributed by atoms with Gasteiger partial charge in [-0.1, -0.05) is 12.1 Å². The second-order valence-corrected chi connectivity index (χ2v) is 7.34. The van der Waals surface area contributed by atoms with Crippen LogP contribution in [-0.2, 0) is 11.2 Å². The molecule has 144 valence electrons. The molecule has 4 rings (SSSR count). The minimum absolute atomic E-state index is 0.0111. The number of carboxylic acids is 1. The molecular weight excluding hydrogens is 363 g/mol. The first kappa shape index (κ1) is 18.1. The molecule has 8 heteroatoms. The predicted octanol–water partition coefficient (Wildman–Crippen LogP) is 2.56. The maximum absolute atomic E-state index is 13.1. The summed E-state index contributed by atoms with van der Waals surface area (Å²) in [5, 5.41) is 16.5. The van der Waals surface area contributed by atoms with E-state index in [1.54, 1.807) is 18.3 Å². The van der Waals surface area contributed by atoms with Crippen molar-refractivity contribution in [3.63, 3.8) is 0 Å². The molecule has 2 heterocycles. The van der Waals surface area contributed by atoms with Crippen molar-refractivity contribution in [1.29, 1.82) is 0 Å². The van der Waals surface area contributed by atoms with E-state index in [2.05, 4.69) is 15.4 Å². The average Bonchev–Trinajstić information content (AvgIpc) is 3.40. The standard InChI is InChI=1S/C20H19FN4O3/c1-20(19(27)28,11-12-2-6-14(21)7-3-12)24-18(26)16-10-15(13-4-5-13)23-17-8-9-22-25(16)17/h2-3,6-10,13H,4-5,11H2,1H3,(H,24,26)(H,27,28). The Bertz CT molecular complexity index is 1060. The van der Waals surface area contributed by atoms with Gasteiger partial charge in [0.15, 0.2) is 5.65 Å². The average molecular weight is 382 g/mol. The van der Waals surface area contributed by atoms with E-state index >= 15 is 0 Å². The van der Waals surface area contributed by atoms with E-state index in [9.17, 15) is 19.1 Å². The second kappa shape index (κ2) is 6.70. The first-order chi connectivity index (χ1) is 13.4. The van der Waals surface area contributed by atoms with Gasteiger partial charge in [-0.05, 0) is 43.5 Å². The van der Waals surface area contributed by atoms with Crippen molar-refractivity contribution < 1.29 is 19.1 Å². The summed E-state index contributed by atoms with van der Waals surface area (Å²) in [4.78, 5) is 29.4. The van der Waals surface area contributed by atoms with Gasteiger partial charge in [-0.15, -0.1) is 0 Å². The summed E-state index contributed by atoms with van der Waals surface area (Å²) in [6.07, 6.45) is 3.60. The molecule has 7 nitrogen and oxygen atoms in total. The monoisotopic (exact) mass is 382 g/mol. The van der Waals surface area contributed by atoms with Crippen LogP contribution < -0.4 is 5.32 Å². The van der Waals surface area contributed by atoms with E-state index in [1.165, 1.54) is 35.7 Å². The highest BCUT2D eigenvalue weighted by atomic mass is 19.1. The molecule has 0 saturated heterocycles. The molecule has 3 aromatic rings. The van der Waals surface area contributed by atoms with Crippen molar-refractivity contribution in [1.82, 2.24) is 19.9 Å². The van der Waals surface area contributed by atoms with Crippen molar-refractivity contribution in [2.45, 2.75) is 37.6 Å². The number of carbonyl (C=O) groups is 2. The Hall–Kier alpha value is -3.29. The zero-order chi connectivity index (χ0) is 19.9. The SMILES string of the molecule is CC(Cc1ccc(F)cc1)(NC(=O)c1cc(C2CC2)nc2ccnn12)C(=O)O. The van der Waals surface area contributed by atoms with Gasteiger partial charge in [-0.2, -0.15) is 5.10 Å². The van der Waals surface area contributed by atoms with Gasteiger partial charge in [0.1, 0.15) is 17.1 Å². The van der Waals surface area contributed by atoms with Crippen LogP contribution in [0.4, 0.5) is 4.39 Å². The number of hydrogen-bond donors (Lipinski definition) is 2. The van der Waals surface area contributed by atoms with Gasteiger partial charge in [0.25, 0.3) is 5.91 Å². The van der Waals surface area contributed by atoms with Crippen LogP contribution in [0.2, 0.25) is 0 Å². The van der Waals surface area contributed by atoms with E-state index in [-0.39, 0.29) is 12.1 Å². The van der Waals surface area contributed by atoms with Crippen LogP contribution in [0.25, 0.3) is 5.65 Å². The molecule has 1 unspecified atom stereocenters. The van der Waals surface area contributed by atoms with Crippen LogP contribution in [0.5, 0.6) is 0 Å². The highest BCUT2D eigenvalue weighted by Crippen LogP contribution is 2.39. The Labute approximate surface area is 160 Å². The number of carbonyl (C=O) groups excluding carboxylic acids is 1. The molecule has 0 radical (unpaired) electrons. The maximum atomic E-state index is 13.1. The van der Waals surface area contributed by atoms with Crippen LogP contribution in [0.3, 0.4) is 0 Å². The van der Waals surface area contributed by atoms with Crippen molar-refractivity contribution in [3.05, 3.63) is 65.4 Å². The van der Waals surface area contributed by atoms with E-state index in [0.717, 1.165) is 18.5 Å². The number of hydrogen-bond acceptors (Lipinski definition) is 4. The number of carboxylic acid groups (broad SMARTS) is 1. The third-order valence-corrected chi connectivity index (χ3v) is 4.94. The molecule has 1 amide bonds. The number of halogens is 1. The Morgan fingerprint density at radius 3 is 2.64 bits per heavy atom. The highest BCUT2D eigenvalue weighted by Gasteiger charge is 2.36. The topological polar surface area (TPSA) is 96.6 Å². The number of rotatable bonds is 6. The molecule has 2 N–H and O–H groups in total. The summed E-state index contributed by atoms with van der Waals surface area (Å²) >= 11 is 0. The van der Waals surface area contributed by atoms with Crippen LogP contribution in [0.15, 0.2) is 42.6 Å². The predicted molar refractivity (Wildman–Crippen MR) is 98.6 cm³/mol. The van der Waals surface area contributed by atoms with Gasteiger partial charge in [0, 0.05) is 24.1 Å². The third-order valence-electron chi connectivity index (χ3n) is 4.94. The van der Waals surface area contributed by atoms with Gasteiger partial charge in [-0.3, -0.25) is 4.79 Å². The summed E-state index contributed by atoms with van der Waals surface area (Å²) < 4.78 is 14.5. The number of nitrogens with one attached hydrogen (secondary N) is 1. The van der Waals surface area contributed by atoms with Gasteiger partial charge < -0.3 is 10.4 Å². The van der Waals surface area contributed by atoms with Crippen molar-refractivity contribution in [2.75, 3.05) is 0 Å². The lowest BCUT2D eigenvalue weighted by Gasteiger charge is -2.26.